The molecule has 2 fully saturated rings. The molecule has 1 saturated heterocycles. The van der Waals surface area contributed by atoms with Crippen molar-refractivity contribution in [3.8, 4) is 0 Å². The van der Waals surface area contributed by atoms with Crippen LogP contribution in [0.4, 0.5) is 0 Å². The minimum Gasteiger partial charge on any atom is -0.361 e. The predicted molar refractivity (Wildman–Crippen MR) is 106 cm³/mol. The molecule has 1 aliphatic heterocycles. The third kappa shape index (κ3) is 4.52. The molecule has 140 valence electrons. The Kier molecular flexibility index (Phi) is 6.31. The van der Waals surface area contributed by atoms with Crippen LogP contribution in [-0.4, -0.2) is 52.7 Å². The first-order chi connectivity index (χ1) is 12.1. The Bertz CT molecular complexity index is 567. The van der Waals surface area contributed by atoms with Gasteiger partial charge in [-0.1, -0.05) is 24.4 Å². The van der Waals surface area contributed by atoms with Crippen LogP contribution in [0.5, 0.6) is 0 Å². The minimum absolute atomic E-state index is 0.467. The lowest BCUT2D eigenvalue weighted by atomic mass is 9.87. The molecule has 3 rings (SSSR count). The summed E-state index contributed by atoms with van der Waals surface area (Å²) in [5.41, 5.74) is 2.20. The lowest BCUT2D eigenvalue weighted by molar-refractivity contribution is 0.293. The molecule has 1 aromatic rings. The molecule has 0 radical (unpaired) electrons. The predicted octanol–water partition coefficient (Wildman–Crippen LogP) is 3.55. The Hall–Kier alpha value is -1.17. The van der Waals surface area contributed by atoms with Gasteiger partial charge in [-0.2, -0.15) is 11.8 Å². The van der Waals surface area contributed by atoms with Gasteiger partial charge in [0, 0.05) is 42.2 Å². The summed E-state index contributed by atoms with van der Waals surface area (Å²) in [6.07, 6.45) is 7.82. The Labute approximate surface area is 156 Å². The summed E-state index contributed by atoms with van der Waals surface area (Å²) in [7, 11) is 0. The highest BCUT2D eigenvalue weighted by Crippen LogP contribution is 2.42. The van der Waals surface area contributed by atoms with Crippen LogP contribution in [0.15, 0.2) is 9.52 Å². The van der Waals surface area contributed by atoms with Crippen LogP contribution in [0.2, 0.25) is 0 Å². The van der Waals surface area contributed by atoms with Crippen LogP contribution in [0.25, 0.3) is 0 Å². The molecule has 0 atom stereocenters. The molecule has 1 aliphatic carbocycles. The molecule has 1 N–H and O–H groups in total. The van der Waals surface area contributed by atoms with Crippen LogP contribution in [0.3, 0.4) is 0 Å². The SMILES string of the molecule is CCNC(=NCCc1c(C)noc1C)N1CCSC2(CCCCC2)C1. The van der Waals surface area contributed by atoms with Crippen molar-refractivity contribution in [2.45, 2.75) is 64.0 Å². The van der Waals surface area contributed by atoms with E-state index in [1.165, 1.54) is 43.4 Å². The highest BCUT2D eigenvalue weighted by Gasteiger charge is 2.38. The second kappa shape index (κ2) is 8.47. The maximum atomic E-state index is 5.26. The molecule has 1 spiro atoms. The Morgan fingerprint density at radius 2 is 2.12 bits per heavy atom. The number of rotatable bonds is 4. The van der Waals surface area contributed by atoms with E-state index in [0.717, 1.165) is 50.0 Å². The molecule has 2 aliphatic rings. The number of nitrogens with one attached hydrogen (secondary N) is 1. The fourth-order valence-corrected chi connectivity index (χ4v) is 5.65. The van der Waals surface area contributed by atoms with E-state index >= 15 is 0 Å². The van der Waals surface area contributed by atoms with E-state index in [9.17, 15) is 0 Å². The zero-order chi connectivity index (χ0) is 17.7. The number of aromatic nitrogens is 1. The summed E-state index contributed by atoms with van der Waals surface area (Å²) in [6, 6.07) is 0. The van der Waals surface area contributed by atoms with Crippen molar-refractivity contribution in [3.05, 3.63) is 17.0 Å². The van der Waals surface area contributed by atoms with E-state index in [4.69, 9.17) is 9.52 Å². The fraction of sp³-hybridized carbons (Fsp3) is 0.789. The molecule has 25 heavy (non-hydrogen) atoms. The van der Waals surface area contributed by atoms with Gasteiger partial charge in [0.15, 0.2) is 5.96 Å². The minimum atomic E-state index is 0.467. The van der Waals surface area contributed by atoms with Gasteiger partial charge >= 0.3 is 0 Å². The van der Waals surface area contributed by atoms with Crippen molar-refractivity contribution in [1.82, 2.24) is 15.4 Å². The number of thioether (sulfide) groups is 1. The summed E-state index contributed by atoms with van der Waals surface area (Å²) >= 11 is 2.21. The first-order valence-corrected chi connectivity index (χ1v) is 10.7. The van der Waals surface area contributed by atoms with Gasteiger partial charge < -0.3 is 14.7 Å². The summed E-state index contributed by atoms with van der Waals surface area (Å²) in [4.78, 5) is 7.42. The third-order valence-electron chi connectivity index (χ3n) is 5.45. The molecule has 5 nitrogen and oxygen atoms in total. The quantitative estimate of drug-likeness (QED) is 0.654. The van der Waals surface area contributed by atoms with Gasteiger partial charge in [0.1, 0.15) is 5.76 Å². The molecule has 1 saturated carbocycles. The molecule has 2 heterocycles. The number of nitrogens with zero attached hydrogens (tertiary/aromatic N) is 3. The molecular weight excluding hydrogens is 332 g/mol. The van der Waals surface area contributed by atoms with Gasteiger partial charge in [-0.25, -0.2) is 0 Å². The Balaban J connectivity index is 1.65. The van der Waals surface area contributed by atoms with E-state index in [2.05, 4.69) is 34.1 Å². The average Bonchev–Trinajstić information content (AvgIpc) is 2.93. The summed E-state index contributed by atoms with van der Waals surface area (Å²) in [6.45, 7) is 10.1. The zero-order valence-corrected chi connectivity index (χ0v) is 16.8. The largest absolute Gasteiger partial charge is 0.361 e. The van der Waals surface area contributed by atoms with E-state index < -0.39 is 0 Å². The first-order valence-electron chi connectivity index (χ1n) is 9.72. The van der Waals surface area contributed by atoms with Gasteiger partial charge in [0.25, 0.3) is 0 Å². The molecular formula is C19H32N4OS. The zero-order valence-electron chi connectivity index (χ0n) is 15.9. The summed E-state index contributed by atoms with van der Waals surface area (Å²) in [5.74, 6) is 3.22. The number of hydrogen-bond acceptors (Lipinski definition) is 4. The van der Waals surface area contributed by atoms with Gasteiger partial charge in [0.2, 0.25) is 0 Å². The molecule has 1 aromatic heterocycles. The Morgan fingerprint density at radius 3 is 2.80 bits per heavy atom. The lowest BCUT2D eigenvalue weighted by Gasteiger charge is -2.45. The van der Waals surface area contributed by atoms with E-state index in [0.29, 0.717) is 4.75 Å². The van der Waals surface area contributed by atoms with E-state index in [-0.39, 0.29) is 0 Å². The van der Waals surface area contributed by atoms with Crippen molar-refractivity contribution in [1.29, 1.82) is 0 Å². The molecule has 0 bridgehead atoms. The van der Waals surface area contributed by atoms with Gasteiger partial charge in [0.05, 0.1) is 5.69 Å². The van der Waals surface area contributed by atoms with Crippen molar-refractivity contribution in [2.24, 2.45) is 4.99 Å². The Morgan fingerprint density at radius 1 is 1.32 bits per heavy atom. The van der Waals surface area contributed by atoms with Gasteiger partial charge in [-0.05, 0) is 40.0 Å². The monoisotopic (exact) mass is 364 g/mol. The van der Waals surface area contributed by atoms with Crippen molar-refractivity contribution in [3.63, 3.8) is 0 Å². The number of aliphatic imine (C=N–C) groups is 1. The number of guanidine groups is 1. The third-order valence-corrected chi connectivity index (χ3v) is 6.99. The normalized spacial score (nSPS) is 20.9. The molecule has 0 amide bonds. The van der Waals surface area contributed by atoms with Gasteiger partial charge in [-0.3, -0.25) is 4.99 Å². The smallest absolute Gasteiger partial charge is 0.193 e. The van der Waals surface area contributed by atoms with Crippen LogP contribution in [-0.2, 0) is 6.42 Å². The summed E-state index contributed by atoms with van der Waals surface area (Å²) in [5, 5.41) is 7.56. The van der Waals surface area contributed by atoms with Crippen LogP contribution >= 0.6 is 11.8 Å². The number of aryl methyl sites for hydroxylation is 2. The molecule has 0 unspecified atom stereocenters. The summed E-state index contributed by atoms with van der Waals surface area (Å²) < 4.78 is 5.73. The topological polar surface area (TPSA) is 53.7 Å². The molecule has 0 aromatic carbocycles. The maximum Gasteiger partial charge on any atom is 0.193 e. The maximum absolute atomic E-state index is 5.26. The van der Waals surface area contributed by atoms with E-state index in [1.807, 2.05) is 13.8 Å². The highest BCUT2D eigenvalue weighted by atomic mass is 32.2. The number of hydrogen-bond donors (Lipinski definition) is 1. The van der Waals surface area contributed by atoms with Crippen molar-refractivity contribution >= 4 is 17.7 Å². The van der Waals surface area contributed by atoms with Crippen LogP contribution in [0, 0.1) is 13.8 Å². The average molecular weight is 365 g/mol. The highest BCUT2D eigenvalue weighted by molar-refractivity contribution is 8.00. The van der Waals surface area contributed by atoms with Gasteiger partial charge in [-0.15, -0.1) is 0 Å². The first kappa shape index (κ1) is 18.6. The van der Waals surface area contributed by atoms with Crippen molar-refractivity contribution in [2.75, 3.05) is 31.9 Å². The van der Waals surface area contributed by atoms with Crippen molar-refractivity contribution < 1.29 is 4.52 Å². The lowest BCUT2D eigenvalue weighted by Crippen LogP contribution is -2.53. The fourth-order valence-electron chi connectivity index (χ4n) is 4.08. The second-order valence-electron chi connectivity index (χ2n) is 7.30. The molecule has 6 heteroatoms. The van der Waals surface area contributed by atoms with E-state index in [1.54, 1.807) is 0 Å². The van der Waals surface area contributed by atoms with Crippen LogP contribution in [0.1, 0.15) is 56.0 Å². The standard InChI is InChI=1S/C19H32N4OS/c1-4-20-18(21-11-8-17-15(2)22-24-16(17)3)23-12-13-25-19(14-23)9-6-5-7-10-19/h4-14H2,1-3H3,(H,20,21). The second-order valence-corrected chi connectivity index (χ2v) is 8.87. The van der Waals surface area contributed by atoms with Crippen LogP contribution < -0.4 is 5.32 Å².